The fourth-order valence-electron chi connectivity index (χ4n) is 3.91. The molecular weight excluding hydrogens is 482 g/mol. The standard InChI is InChI=1S/C27H35NO7S/c1-4-5-16-34-27(30)24-10-6-7-11-25(24)36(31,32)35-22-14-12-21(13-15-22)18-28(26(29)20(2)3)19-23-9-8-17-33-23/h6-7,10-15,20,23H,4-5,8-9,16-19H2,1-3H3/t23-/m0/s1. The SMILES string of the molecule is CCCCOC(=O)c1ccccc1S(=O)(=O)Oc1ccc(CN(C[C@@H]2CCCO2)C(=O)C(C)C)cc1. The molecule has 1 heterocycles. The molecule has 0 spiro atoms. The molecule has 0 radical (unpaired) electrons. The summed E-state index contributed by atoms with van der Waals surface area (Å²) in [5.41, 5.74) is 0.772. The van der Waals surface area contributed by atoms with Crippen molar-refractivity contribution in [2.24, 2.45) is 5.92 Å². The number of amides is 1. The predicted molar refractivity (Wildman–Crippen MR) is 135 cm³/mol. The highest BCUT2D eigenvalue weighted by Gasteiger charge is 2.26. The first-order valence-corrected chi connectivity index (χ1v) is 13.8. The normalized spacial score (nSPS) is 15.6. The molecule has 3 rings (SSSR count). The molecule has 2 aromatic rings. The minimum Gasteiger partial charge on any atom is -0.462 e. The van der Waals surface area contributed by atoms with Gasteiger partial charge in [-0.1, -0.05) is 51.5 Å². The second kappa shape index (κ2) is 12.9. The summed E-state index contributed by atoms with van der Waals surface area (Å²) < 4.78 is 42.2. The molecule has 1 fully saturated rings. The van der Waals surface area contributed by atoms with Crippen LogP contribution in [0, 0.1) is 5.92 Å². The van der Waals surface area contributed by atoms with E-state index in [9.17, 15) is 18.0 Å². The lowest BCUT2D eigenvalue weighted by molar-refractivity contribution is -0.136. The first-order valence-electron chi connectivity index (χ1n) is 12.4. The number of hydrogen-bond donors (Lipinski definition) is 0. The zero-order valence-electron chi connectivity index (χ0n) is 21.1. The highest BCUT2D eigenvalue weighted by atomic mass is 32.2. The van der Waals surface area contributed by atoms with Crippen molar-refractivity contribution >= 4 is 22.0 Å². The molecule has 9 heteroatoms. The Morgan fingerprint density at radius 2 is 1.83 bits per heavy atom. The minimum absolute atomic E-state index is 0.0363. The Morgan fingerprint density at radius 1 is 1.11 bits per heavy atom. The van der Waals surface area contributed by atoms with Crippen LogP contribution in [0.1, 0.15) is 62.4 Å². The number of rotatable bonds is 12. The van der Waals surface area contributed by atoms with E-state index < -0.39 is 16.1 Å². The van der Waals surface area contributed by atoms with Crippen LogP contribution in [-0.4, -0.2) is 51.1 Å². The number of carbonyl (C=O) groups excluding carboxylic acids is 2. The van der Waals surface area contributed by atoms with E-state index in [-0.39, 0.29) is 40.7 Å². The van der Waals surface area contributed by atoms with Crippen molar-refractivity contribution < 1.29 is 31.7 Å². The number of esters is 1. The Kier molecular flexibility index (Phi) is 9.89. The number of benzene rings is 2. The second-order valence-electron chi connectivity index (χ2n) is 9.18. The van der Waals surface area contributed by atoms with Gasteiger partial charge in [-0.05, 0) is 49.1 Å². The Bertz CT molecular complexity index is 1120. The van der Waals surface area contributed by atoms with Crippen LogP contribution in [-0.2, 0) is 30.9 Å². The van der Waals surface area contributed by atoms with Gasteiger partial charge in [0.2, 0.25) is 5.91 Å². The van der Waals surface area contributed by atoms with E-state index in [0.29, 0.717) is 26.1 Å². The summed E-state index contributed by atoms with van der Waals surface area (Å²) in [4.78, 5) is 26.7. The average molecular weight is 518 g/mol. The van der Waals surface area contributed by atoms with Gasteiger partial charge in [0.15, 0.2) is 0 Å². The van der Waals surface area contributed by atoms with Crippen LogP contribution in [0.25, 0.3) is 0 Å². The first kappa shape index (κ1) is 27.7. The topological polar surface area (TPSA) is 99.2 Å². The van der Waals surface area contributed by atoms with E-state index in [4.69, 9.17) is 13.7 Å². The van der Waals surface area contributed by atoms with Crippen LogP contribution in [0.3, 0.4) is 0 Å². The van der Waals surface area contributed by atoms with Crippen LogP contribution >= 0.6 is 0 Å². The molecule has 0 N–H and O–H groups in total. The molecule has 36 heavy (non-hydrogen) atoms. The molecule has 196 valence electrons. The zero-order chi connectivity index (χ0) is 26.1. The fourth-order valence-corrected chi connectivity index (χ4v) is 5.03. The van der Waals surface area contributed by atoms with Gasteiger partial charge < -0.3 is 18.6 Å². The molecule has 1 amide bonds. The number of nitrogens with zero attached hydrogens (tertiary/aromatic N) is 1. The van der Waals surface area contributed by atoms with E-state index in [2.05, 4.69) is 0 Å². The summed E-state index contributed by atoms with van der Waals surface area (Å²) in [6, 6.07) is 12.4. The lowest BCUT2D eigenvalue weighted by Crippen LogP contribution is -2.39. The smallest absolute Gasteiger partial charge is 0.340 e. The number of ether oxygens (including phenoxy) is 2. The Labute approximate surface area is 213 Å². The molecule has 0 unspecified atom stereocenters. The van der Waals surface area contributed by atoms with Gasteiger partial charge in [0, 0.05) is 25.6 Å². The highest BCUT2D eigenvalue weighted by Crippen LogP contribution is 2.24. The molecule has 0 saturated carbocycles. The lowest BCUT2D eigenvalue weighted by Gasteiger charge is -2.27. The molecular formula is C27H35NO7S. The summed E-state index contributed by atoms with van der Waals surface area (Å²) in [5.74, 6) is -0.708. The third-order valence-electron chi connectivity index (χ3n) is 5.86. The fraction of sp³-hybridized carbons (Fsp3) is 0.481. The predicted octanol–water partition coefficient (Wildman–Crippen LogP) is 4.57. The van der Waals surface area contributed by atoms with Gasteiger partial charge in [0.05, 0.1) is 18.3 Å². The summed E-state index contributed by atoms with van der Waals surface area (Å²) in [7, 11) is -4.28. The Balaban J connectivity index is 1.71. The van der Waals surface area contributed by atoms with Gasteiger partial charge in [-0.15, -0.1) is 0 Å². The van der Waals surface area contributed by atoms with Crippen molar-refractivity contribution in [2.45, 2.75) is 64.0 Å². The van der Waals surface area contributed by atoms with Crippen molar-refractivity contribution in [2.75, 3.05) is 19.8 Å². The van der Waals surface area contributed by atoms with Crippen molar-refractivity contribution in [3.8, 4) is 5.75 Å². The number of hydrogen-bond acceptors (Lipinski definition) is 7. The molecule has 0 aliphatic carbocycles. The van der Waals surface area contributed by atoms with Gasteiger partial charge in [0.1, 0.15) is 10.6 Å². The Morgan fingerprint density at radius 3 is 2.47 bits per heavy atom. The van der Waals surface area contributed by atoms with Gasteiger partial charge in [-0.3, -0.25) is 4.79 Å². The van der Waals surface area contributed by atoms with Crippen molar-refractivity contribution in [3.63, 3.8) is 0 Å². The van der Waals surface area contributed by atoms with E-state index in [1.165, 1.54) is 18.2 Å². The third kappa shape index (κ3) is 7.54. The maximum atomic E-state index is 13.0. The molecule has 0 bridgehead atoms. The summed E-state index contributed by atoms with van der Waals surface area (Å²) in [6.45, 7) is 7.54. The monoisotopic (exact) mass is 517 g/mol. The maximum Gasteiger partial charge on any atom is 0.340 e. The highest BCUT2D eigenvalue weighted by molar-refractivity contribution is 7.87. The largest absolute Gasteiger partial charge is 0.462 e. The molecule has 1 aliphatic rings. The van der Waals surface area contributed by atoms with Crippen molar-refractivity contribution in [1.29, 1.82) is 0 Å². The molecule has 1 atom stereocenters. The van der Waals surface area contributed by atoms with Crippen LogP contribution in [0.4, 0.5) is 0 Å². The van der Waals surface area contributed by atoms with Gasteiger partial charge in [-0.2, -0.15) is 8.42 Å². The molecule has 1 saturated heterocycles. The maximum absolute atomic E-state index is 13.0. The van der Waals surface area contributed by atoms with Gasteiger partial charge >= 0.3 is 16.1 Å². The summed E-state index contributed by atoms with van der Waals surface area (Å²) in [5, 5.41) is 0. The van der Waals surface area contributed by atoms with E-state index in [0.717, 1.165) is 24.8 Å². The number of unbranched alkanes of at least 4 members (excludes halogenated alkanes) is 1. The molecule has 2 aromatic carbocycles. The van der Waals surface area contributed by atoms with Crippen LogP contribution in [0.5, 0.6) is 5.75 Å². The van der Waals surface area contributed by atoms with Crippen LogP contribution < -0.4 is 4.18 Å². The lowest BCUT2D eigenvalue weighted by atomic mass is 10.1. The zero-order valence-corrected chi connectivity index (χ0v) is 22.0. The quantitative estimate of drug-likeness (QED) is 0.231. The minimum atomic E-state index is -4.28. The van der Waals surface area contributed by atoms with E-state index in [1.807, 2.05) is 20.8 Å². The first-order chi connectivity index (χ1) is 17.2. The molecule has 8 nitrogen and oxygen atoms in total. The van der Waals surface area contributed by atoms with Gasteiger partial charge in [-0.25, -0.2) is 4.79 Å². The van der Waals surface area contributed by atoms with Gasteiger partial charge in [0.25, 0.3) is 0 Å². The average Bonchev–Trinajstić information content (AvgIpc) is 3.37. The van der Waals surface area contributed by atoms with E-state index in [1.54, 1.807) is 35.2 Å². The summed E-state index contributed by atoms with van der Waals surface area (Å²) in [6.07, 6.45) is 3.50. The number of carbonyl (C=O) groups is 2. The van der Waals surface area contributed by atoms with Crippen molar-refractivity contribution in [1.82, 2.24) is 4.90 Å². The third-order valence-corrected chi connectivity index (χ3v) is 7.17. The Hall–Kier alpha value is -2.91. The van der Waals surface area contributed by atoms with E-state index >= 15 is 0 Å². The molecule has 0 aromatic heterocycles. The second-order valence-corrected chi connectivity index (χ2v) is 10.7. The van der Waals surface area contributed by atoms with Crippen molar-refractivity contribution in [3.05, 3.63) is 59.7 Å². The summed E-state index contributed by atoms with van der Waals surface area (Å²) >= 11 is 0. The van der Waals surface area contributed by atoms with Crippen LogP contribution in [0.2, 0.25) is 0 Å². The van der Waals surface area contributed by atoms with Crippen LogP contribution in [0.15, 0.2) is 53.4 Å². The molecule has 1 aliphatic heterocycles.